The Morgan fingerprint density at radius 2 is 1.68 bits per heavy atom. The molecule has 0 aliphatic carbocycles. The first-order valence-electron chi connectivity index (χ1n) is 8.36. The summed E-state index contributed by atoms with van der Waals surface area (Å²) in [6.07, 6.45) is -2.94. The van der Waals surface area contributed by atoms with Gasteiger partial charge in [-0.2, -0.15) is 13.2 Å². The Balaban J connectivity index is 1.92. The van der Waals surface area contributed by atoms with Gasteiger partial charge in [-0.25, -0.2) is 0 Å². The molecule has 148 valence electrons. The van der Waals surface area contributed by atoms with Gasteiger partial charge in [-0.3, -0.25) is 4.98 Å². The topological polar surface area (TPSA) is 52.6 Å². The molecule has 3 aromatic rings. The van der Waals surface area contributed by atoms with E-state index in [1.807, 2.05) is 6.07 Å². The summed E-state index contributed by atoms with van der Waals surface area (Å²) in [7, 11) is 4.58. The molecular weight excluding hydrogens is 373 g/mol. The number of methoxy groups -OCH3 is 3. The second kappa shape index (κ2) is 7.84. The zero-order valence-electron chi connectivity index (χ0n) is 15.6. The highest BCUT2D eigenvalue weighted by Crippen LogP contribution is 2.40. The van der Waals surface area contributed by atoms with Gasteiger partial charge in [-0.05, 0) is 30.3 Å². The Morgan fingerprint density at radius 1 is 0.929 bits per heavy atom. The van der Waals surface area contributed by atoms with Gasteiger partial charge in [0.05, 0.1) is 32.4 Å². The van der Waals surface area contributed by atoms with Crippen molar-refractivity contribution in [1.82, 2.24) is 4.98 Å². The van der Waals surface area contributed by atoms with Gasteiger partial charge in [0.15, 0.2) is 11.5 Å². The minimum Gasteiger partial charge on any atom is -0.493 e. The molecule has 1 aromatic heterocycles. The standard InChI is InChI=1S/C20H19F3N2O3/c1-26-17-7-4-12(18(27-2)19(17)28-3)11-25-15-8-9-24-16-10-13(20(21,22)23)5-6-14(15)16/h4-10H,11H2,1-3H3,(H,24,25). The number of anilines is 1. The van der Waals surface area contributed by atoms with E-state index >= 15 is 0 Å². The number of fused-ring (bicyclic) bond motifs is 1. The molecule has 28 heavy (non-hydrogen) atoms. The number of hydrogen-bond acceptors (Lipinski definition) is 5. The van der Waals surface area contributed by atoms with Crippen LogP contribution in [0.4, 0.5) is 18.9 Å². The van der Waals surface area contributed by atoms with E-state index in [9.17, 15) is 13.2 Å². The van der Waals surface area contributed by atoms with E-state index < -0.39 is 11.7 Å². The largest absolute Gasteiger partial charge is 0.493 e. The molecule has 1 N–H and O–H groups in total. The fraction of sp³-hybridized carbons (Fsp3) is 0.250. The molecule has 0 amide bonds. The number of benzene rings is 2. The molecule has 0 fully saturated rings. The van der Waals surface area contributed by atoms with E-state index in [-0.39, 0.29) is 5.52 Å². The zero-order valence-corrected chi connectivity index (χ0v) is 15.6. The molecular formula is C20H19F3N2O3. The SMILES string of the molecule is COc1ccc(CNc2ccnc3cc(C(F)(F)F)ccc23)c(OC)c1OC. The van der Waals surface area contributed by atoms with Crippen LogP contribution in [0.5, 0.6) is 17.2 Å². The van der Waals surface area contributed by atoms with Crippen molar-refractivity contribution in [2.24, 2.45) is 0 Å². The van der Waals surface area contributed by atoms with Crippen LogP contribution >= 0.6 is 0 Å². The third-order valence-electron chi connectivity index (χ3n) is 4.33. The molecule has 0 bridgehead atoms. The van der Waals surface area contributed by atoms with Crippen molar-refractivity contribution in [2.45, 2.75) is 12.7 Å². The number of pyridine rings is 1. The van der Waals surface area contributed by atoms with E-state index in [0.717, 1.165) is 17.7 Å². The smallest absolute Gasteiger partial charge is 0.416 e. The fourth-order valence-corrected chi connectivity index (χ4v) is 2.97. The van der Waals surface area contributed by atoms with Gasteiger partial charge in [-0.15, -0.1) is 0 Å². The number of aromatic nitrogens is 1. The Bertz CT molecular complexity index is 990. The molecule has 1 heterocycles. The monoisotopic (exact) mass is 392 g/mol. The lowest BCUT2D eigenvalue weighted by Gasteiger charge is -2.17. The van der Waals surface area contributed by atoms with Gasteiger partial charge in [-0.1, -0.05) is 6.07 Å². The zero-order chi connectivity index (χ0) is 20.3. The van der Waals surface area contributed by atoms with Crippen LogP contribution in [-0.2, 0) is 12.7 Å². The van der Waals surface area contributed by atoms with Gasteiger partial charge in [0.1, 0.15) is 0 Å². The summed E-state index contributed by atoms with van der Waals surface area (Å²) in [5.41, 5.74) is 0.998. The van der Waals surface area contributed by atoms with Crippen LogP contribution in [0.1, 0.15) is 11.1 Å². The summed E-state index contributed by atoms with van der Waals surface area (Å²) < 4.78 is 54.9. The second-order valence-electron chi connectivity index (χ2n) is 5.94. The number of nitrogens with zero attached hydrogens (tertiary/aromatic N) is 1. The highest BCUT2D eigenvalue weighted by Gasteiger charge is 2.30. The summed E-state index contributed by atoms with van der Waals surface area (Å²) in [6.45, 7) is 0.365. The van der Waals surface area contributed by atoms with Crippen LogP contribution in [0.25, 0.3) is 10.9 Å². The van der Waals surface area contributed by atoms with Crippen LogP contribution in [0, 0.1) is 0 Å². The predicted octanol–water partition coefficient (Wildman–Crippen LogP) is 4.89. The van der Waals surface area contributed by atoms with Gasteiger partial charge in [0, 0.05) is 29.4 Å². The van der Waals surface area contributed by atoms with Crippen molar-refractivity contribution in [3.05, 3.63) is 53.7 Å². The molecule has 8 heteroatoms. The van der Waals surface area contributed by atoms with Gasteiger partial charge in [0.2, 0.25) is 5.75 Å². The maximum Gasteiger partial charge on any atom is 0.416 e. The lowest BCUT2D eigenvalue weighted by Crippen LogP contribution is -2.06. The molecule has 0 saturated carbocycles. The average Bonchev–Trinajstić information content (AvgIpc) is 2.70. The molecule has 0 spiro atoms. The van der Waals surface area contributed by atoms with E-state index in [1.165, 1.54) is 33.6 Å². The molecule has 0 saturated heterocycles. The normalized spacial score (nSPS) is 11.4. The highest BCUT2D eigenvalue weighted by molar-refractivity contribution is 5.91. The highest BCUT2D eigenvalue weighted by atomic mass is 19.4. The molecule has 0 aliphatic heterocycles. The van der Waals surface area contributed by atoms with E-state index in [1.54, 1.807) is 12.1 Å². The Hall–Kier alpha value is -3.16. The Morgan fingerprint density at radius 3 is 2.32 bits per heavy atom. The summed E-state index contributed by atoms with van der Waals surface area (Å²) >= 11 is 0. The van der Waals surface area contributed by atoms with Crippen LogP contribution in [0.15, 0.2) is 42.6 Å². The van der Waals surface area contributed by atoms with Crippen LogP contribution in [0.2, 0.25) is 0 Å². The molecule has 0 aliphatic rings. The molecule has 2 aromatic carbocycles. The molecule has 0 atom stereocenters. The van der Waals surface area contributed by atoms with E-state index in [2.05, 4.69) is 10.3 Å². The van der Waals surface area contributed by atoms with Gasteiger partial charge < -0.3 is 19.5 Å². The minimum absolute atomic E-state index is 0.263. The third-order valence-corrected chi connectivity index (χ3v) is 4.33. The van der Waals surface area contributed by atoms with Crippen molar-refractivity contribution in [2.75, 3.05) is 26.6 Å². The van der Waals surface area contributed by atoms with Gasteiger partial charge >= 0.3 is 6.18 Å². The van der Waals surface area contributed by atoms with Crippen LogP contribution < -0.4 is 19.5 Å². The van der Waals surface area contributed by atoms with Crippen molar-refractivity contribution >= 4 is 16.6 Å². The Labute approximate surface area is 160 Å². The number of hydrogen-bond donors (Lipinski definition) is 1. The second-order valence-corrected chi connectivity index (χ2v) is 5.94. The minimum atomic E-state index is -4.41. The third kappa shape index (κ3) is 3.76. The van der Waals surface area contributed by atoms with Crippen molar-refractivity contribution in [3.63, 3.8) is 0 Å². The van der Waals surface area contributed by atoms with Crippen molar-refractivity contribution in [1.29, 1.82) is 0 Å². The number of ether oxygens (including phenoxy) is 3. The molecule has 3 rings (SSSR count). The van der Waals surface area contributed by atoms with Gasteiger partial charge in [0.25, 0.3) is 0 Å². The summed E-state index contributed by atoms with van der Waals surface area (Å²) in [5, 5.41) is 3.82. The summed E-state index contributed by atoms with van der Waals surface area (Å²) in [5.74, 6) is 1.53. The van der Waals surface area contributed by atoms with E-state index in [4.69, 9.17) is 14.2 Å². The molecule has 0 radical (unpaired) electrons. The number of rotatable bonds is 6. The van der Waals surface area contributed by atoms with E-state index in [0.29, 0.717) is 34.9 Å². The maximum absolute atomic E-state index is 12.9. The Kier molecular flexibility index (Phi) is 5.48. The molecule has 0 unspecified atom stereocenters. The van der Waals surface area contributed by atoms with Crippen LogP contribution in [-0.4, -0.2) is 26.3 Å². The van der Waals surface area contributed by atoms with Crippen LogP contribution in [0.3, 0.4) is 0 Å². The number of nitrogens with one attached hydrogen (secondary N) is 1. The first kappa shape index (κ1) is 19.6. The average molecular weight is 392 g/mol. The number of halogens is 3. The lowest BCUT2D eigenvalue weighted by atomic mass is 10.1. The fourth-order valence-electron chi connectivity index (χ4n) is 2.97. The lowest BCUT2D eigenvalue weighted by molar-refractivity contribution is -0.137. The predicted molar refractivity (Wildman–Crippen MR) is 100 cm³/mol. The maximum atomic E-state index is 12.9. The quantitative estimate of drug-likeness (QED) is 0.647. The number of alkyl halides is 3. The molecule has 5 nitrogen and oxygen atoms in total. The summed E-state index contributed by atoms with van der Waals surface area (Å²) in [4.78, 5) is 4.05. The van der Waals surface area contributed by atoms with Crippen molar-refractivity contribution < 1.29 is 27.4 Å². The first-order chi connectivity index (χ1) is 13.4. The first-order valence-corrected chi connectivity index (χ1v) is 8.36. The van der Waals surface area contributed by atoms with Crippen molar-refractivity contribution in [3.8, 4) is 17.2 Å². The summed E-state index contributed by atoms with van der Waals surface area (Å²) in [6, 6.07) is 8.81.